The van der Waals surface area contributed by atoms with Crippen molar-refractivity contribution in [2.75, 3.05) is 26.2 Å². The van der Waals surface area contributed by atoms with Crippen molar-refractivity contribution >= 4 is 0 Å². The van der Waals surface area contributed by atoms with Gasteiger partial charge in [-0.15, -0.1) is 0 Å². The van der Waals surface area contributed by atoms with Crippen LogP contribution in [0.25, 0.3) is 0 Å². The summed E-state index contributed by atoms with van der Waals surface area (Å²) in [5.74, 6) is 2.46. The zero-order chi connectivity index (χ0) is 15.8. The maximum Gasteiger partial charge on any atom is 0.264 e. The molecule has 0 aliphatic rings. The topological polar surface area (TPSA) is 60.6 Å². The lowest BCUT2D eigenvalue weighted by Crippen LogP contribution is -2.27. The summed E-state index contributed by atoms with van der Waals surface area (Å²) in [4.78, 5) is 6.42. The Labute approximate surface area is 131 Å². The Morgan fingerprint density at radius 2 is 1.77 bits per heavy atom. The Hall–Kier alpha value is -2.08. The minimum atomic E-state index is 0.233. The smallest absolute Gasteiger partial charge is 0.264 e. The van der Waals surface area contributed by atoms with Gasteiger partial charge in [-0.2, -0.15) is 4.98 Å². The molecule has 1 aromatic carbocycles. The number of ether oxygens (including phenoxy) is 2. The fourth-order valence-corrected chi connectivity index (χ4v) is 2.05. The molecule has 2 aromatic rings. The van der Waals surface area contributed by atoms with Gasteiger partial charge in [-0.05, 0) is 32.1 Å². The summed E-state index contributed by atoms with van der Waals surface area (Å²) >= 11 is 0. The van der Waals surface area contributed by atoms with Gasteiger partial charge < -0.3 is 18.9 Å². The molecule has 0 aliphatic carbocycles. The number of aromatic nitrogens is 2. The quantitative estimate of drug-likeness (QED) is 0.710. The number of aryl methyl sites for hydroxylation is 1. The van der Waals surface area contributed by atoms with Gasteiger partial charge in [0.25, 0.3) is 5.89 Å². The molecule has 0 saturated heterocycles. The van der Waals surface area contributed by atoms with Crippen LogP contribution in [0.15, 0.2) is 28.8 Å². The van der Waals surface area contributed by atoms with E-state index in [1.807, 2.05) is 24.3 Å². The van der Waals surface area contributed by atoms with E-state index < -0.39 is 0 Å². The number of benzene rings is 1. The van der Waals surface area contributed by atoms with Gasteiger partial charge in [0.15, 0.2) is 23.9 Å². The van der Waals surface area contributed by atoms with Crippen LogP contribution < -0.4 is 9.47 Å². The second-order valence-electron chi connectivity index (χ2n) is 4.85. The summed E-state index contributed by atoms with van der Waals surface area (Å²) in [7, 11) is 0. The fourth-order valence-electron chi connectivity index (χ4n) is 2.05. The molecule has 1 heterocycles. The molecule has 0 aliphatic heterocycles. The van der Waals surface area contributed by atoms with Crippen molar-refractivity contribution in [1.29, 1.82) is 0 Å². The van der Waals surface area contributed by atoms with E-state index in [1.165, 1.54) is 0 Å². The predicted octanol–water partition coefficient (Wildman–Crippen LogP) is 2.68. The van der Waals surface area contributed by atoms with E-state index in [9.17, 15) is 0 Å². The maximum absolute atomic E-state index is 5.83. The summed E-state index contributed by atoms with van der Waals surface area (Å²) in [5, 5.41) is 3.74. The molecule has 120 valence electrons. The normalized spacial score (nSPS) is 10.9. The predicted molar refractivity (Wildman–Crippen MR) is 83.1 cm³/mol. The Morgan fingerprint density at radius 1 is 1.09 bits per heavy atom. The molecule has 0 atom stereocenters. The second kappa shape index (κ2) is 8.38. The Balaban J connectivity index is 1.89. The summed E-state index contributed by atoms with van der Waals surface area (Å²) in [6, 6.07) is 7.61. The van der Waals surface area contributed by atoms with Crippen LogP contribution in [0.3, 0.4) is 0 Å². The summed E-state index contributed by atoms with van der Waals surface area (Å²) in [5.41, 5.74) is 0. The minimum absolute atomic E-state index is 0.233. The summed E-state index contributed by atoms with van der Waals surface area (Å²) < 4.78 is 16.6. The lowest BCUT2D eigenvalue weighted by atomic mass is 10.3. The van der Waals surface area contributed by atoms with Gasteiger partial charge in [0, 0.05) is 6.54 Å². The molecule has 0 saturated carbocycles. The fraction of sp³-hybridized carbons (Fsp3) is 0.500. The molecular weight excluding hydrogens is 282 g/mol. The van der Waals surface area contributed by atoms with Crippen molar-refractivity contribution in [3.05, 3.63) is 36.0 Å². The number of nitrogens with zero attached hydrogens (tertiary/aromatic N) is 3. The number of para-hydroxylation sites is 2. The molecule has 22 heavy (non-hydrogen) atoms. The third-order valence-electron chi connectivity index (χ3n) is 3.33. The molecule has 0 amide bonds. The maximum atomic E-state index is 5.83. The lowest BCUT2D eigenvalue weighted by molar-refractivity contribution is 0.202. The first-order valence-corrected chi connectivity index (χ1v) is 7.59. The molecule has 0 N–H and O–H groups in total. The van der Waals surface area contributed by atoms with E-state index in [2.05, 4.69) is 28.9 Å². The lowest BCUT2D eigenvalue weighted by Gasteiger charge is -2.18. The van der Waals surface area contributed by atoms with Crippen LogP contribution >= 0.6 is 0 Å². The van der Waals surface area contributed by atoms with Crippen LogP contribution in [0, 0.1) is 6.92 Å². The first-order valence-electron chi connectivity index (χ1n) is 7.59. The van der Waals surface area contributed by atoms with Crippen molar-refractivity contribution < 1.29 is 14.0 Å². The number of likely N-dealkylation sites (N-methyl/N-ethyl adjacent to an activating group) is 1. The highest BCUT2D eigenvalue weighted by Crippen LogP contribution is 2.27. The van der Waals surface area contributed by atoms with E-state index in [1.54, 1.807) is 6.92 Å². The highest BCUT2D eigenvalue weighted by molar-refractivity contribution is 5.39. The summed E-state index contributed by atoms with van der Waals surface area (Å²) in [6.45, 7) is 9.86. The number of rotatable bonds is 9. The SMILES string of the molecule is CCN(CC)CCOc1ccccc1OCc1nc(C)no1. The van der Waals surface area contributed by atoms with Gasteiger partial charge >= 0.3 is 0 Å². The largest absolute Gasteiger partial charge is 0.488 e. The Morgan fingerprint density at radius 3 is 2.36 bits per heavy atom. The zero-order valence-electron chi connectivity index (χ0n) is 13.4. The average Bonchev–Trinajstić information content (AvgIpc) is 2.96. The molecule has 0 spiro atoms. The van der Waals surface area contributed by atoms with Crippen LogP contribution in [0.2, 0.25) is 0 Å². The van der Waals surface area contributed by atoms with Gasteiger partial charge in [0.1, 0.15) is 6.61 Å². The molecule has 2 rings (SSSR count). The van der Waals surface area contributed by atoms with E-state index in [0.717, 1.165) is 25.4 Å². The molecular formula is C16H23N3O3. The first kappa shape index (κ1) is 16.3. The van der Waals surface area contributed by atoms with E-state index in [4.69, 9.17) is 14.0 Å². The van der Waals surface area contributed by atoms with Gasteiger partial charge in [0.05, 0.1) is 0 Å². The second-order valence-corrected chi connectivity index (χ2v) is 4.85. The number of hydrogen-bond donors (Lipinski definition) is 0. The highest BCUT2D eigenvalue weighted by Gasteiger charge is 2.08. The van der Waals surface area contributed by atoms with Gasteiger partial charge in [-0.25, -0.2) is 0 Å². The highest BCUT2D eigenvalue weighted by atomic mass is 16.5. The monoisotopic (exact) mass is 305 g/mol. The van der Waals surface area contributed by atoms with Gasteiger partial charge in [-0.3, -0.25) is 0 Å². The van der Waals surface area contributed by atoms with Crippen molar-refractivity contribution in [1.82, 2.24) is 15.0 Å². The molecule has 6 nitrogen and oxygen atoms in total. The Bertz CT molecular complexity index is 567. The van der Waals surface area contributed by atoms with Gasteiger partial charge in [0.2, 0.25) is 0 Å². The van der Waals surface area contributed by atoms with Crippen molar-refractivity contribution in [2.24, 2.45) is 0 Å². The molecule has 0 fully saturated rings. The van der Waals surface area contributed by atoms with Crippen LogP contribution in [0.1, 0.15) is 25.6 Å². The van der Waals surface area contributed by atoms with Crippen LogP contribution in [-0.2, 0) is 6.61 Å². The molecule has 0 radical (unpaired) electrons. The van der Waals surface area contributed by atoms with Crippen molar-refractivity contribution in [3.63, 3.8) is 0 Å². The van der Waals surface area contributed by atoms with E-state index in [0.29, 0.717) is 24.1 Å². The molecule has 0 unspecified atom stereocenters. The van der Waals surface area contributed by atoms with Crippen LogP contribution in [0.4, 0.5) is 0 Å². The first-order chi connectivity index (χ1) is 10.7. The van der Waals surface area contributed by atoms with Crippen LogP contribution in [-0.4, -0.2) is 41.3 Å². The van der Waals surface area contributed by atoms with E-state index in [-0.39, 0.29) is 6.61 Å². The standard InChI is InChI=1S/C16H23N3O3/c1-4-19(5-2)10-11-20-14-8-6-7-9-15(14)21-12-16-17-13(3)18-22-16/h6-9H,4-5,10-12H2,1-3H3. The van der Waals surface area contributed by atoms with Crippen molar-refractivity contribution in [3.8, 4) is 11.5 Å². The molecule has 0 bridgehead atoms. The minimum Gasteiger partial charge on any atom is -0.488 e. The zero-order valence-corrected chi connectivity index (χ0v) is 13.4. The number of hydrogen-bond acceptors (Lipinski definition) is 6. The van der Waals surface area contributed by atoms with Crippen molar-refractivity contribution in [2.45, 2.75) is 27.4 Å². The summed E-state index contributed by atoms with van der Waals surface area (Å²) in [6.07, 6.45) is 0. The van der Waals surface area contributed by atoms with E-state index >= 15 is 0 Å². The third kappa shape index (κ3) is 4.73. The third-order valence-corrected chi connectivity index (χ3v) is 3.33. The molecule has 6 heteroatoms. The Kier molecular flexibility index (Phi) is 6.21. The van der Waals surface area contributed by atoms with Crippen LogP contribution in [0.5, 0.6) is 11.5 Å². The molecule has 1 aromatic heterocycles. The van der Waals surface area contributed by atoms with Gasteiger partial charge in [-0.1, -0.05) is 31.1 Å². The average molecular weight is 305 g/mol.